The summed E-state index contributed by atoms with van der Waals surface area (Å²) in [5.74, 6) is 0.835. The minimum absolute atomic E-state index is 0.0666. The maximum Gasteiger partial charge on any atom is 0.573 e. The lowest BCUT2D eigenvalue weighted by Crippen LogP contribution is -2.41. The van der Waals surface area contributed by atoms with Gasteiger partial charge in [0.05, 0.1) is 6.33 Å². The highest BCUT2D eigenvalue weighted by Crippen LogP contribution is 2.28. The number of piperidine rings is 1. The lowest BCUT2D eigenvalue weighted by Gasteiger charge is -2.31. The largest absolute Gasteiger partial charge is 0.573 e. The number of carbonyl (C=O) groups excluding carboxylic acids is 1. The number of hydroxylamine groups is 2. The molecule has 0 unspecified atom stereocenters. The fourth-order valence-electron chi connectivity index (χ4n) is 5.19. The number of imidazole rings is 1. The fraction of sp³-hybridized carbons (Fsp3) is 0.556. The molecule has 1 saturated carbocycles. The van der Waals surface area contributed by atoms with Gasteiger partial charge in [0, 0.05) is 42.9 Å². The van der Waals surface area contributed by atoms with Crippen LogP contribution in [-0.2, 0) is 4.84 Å². The number of hydrogen-bond acceptors (Lipinski definition) is 10. The van der Waals surface area contributed by atoms with E-state index in [2.05, 4.69) is 39.5 Å². The van der Waals surface area contributed by atoms with Crippen molar-refractivity contribution in [2.75, 3.05) is 29.0 Å². The van der Waals surface area contributed by atoms with Gasteiger partial charge in [-0.2, -0.15) is 9.97 Å². The maximum atomic E-state index is 12.3. The minimum atomic E-state index is -4.78. The van der Waals surface area contributed by atoms with E-state index in [1.54, 1.807) is 11.4 Å². The van der Waals surface area contributed by atoms with Crippen LogP contribution >= 0.6 is 0 Å². The third kappa shape index (κ3) is 7.70. The average molecular weight is 592 g/mol. The molecule has 1 aliphatic carbocycles. The standard InChI is InChI=1S/C27H36F3N9O3/c1-16(2)39-15-32-22-23(36-25(37-24(22)39)34-18-5-3-17(31)4-6-18)33-20-11-13-38(14-12-20)42-26(40)35-19-7-9-21(10-8-19)41-27(28,29)30/h7-10,15-18,20H,3-6,11-14,31H2,1-2H3,(H,35,40)(H2,33,34,36,37). The first kappa shape index (κ1) is 29.6. The Morgan fingerprint density at radius 3 is 2.31 bits per heavy atom. The lowest BCUT2D eigenvalue weighted by atomic mass is 9.92. The zero-order valence-electron chi connectivity index (χ0n) is 23.5. The average Bonchev–Trinajstić information content (AvgIpc) is 3.36. The Morgan fingerprint density at radius 2 is 1.67 bits per heavy atom. The van der Waals surface area contributed by atoms with Crippen molar-refractivity contribution in [2.45, 2.75) is 82.9 Å². The number of nitrogens with one attached hydrogen (secondary N) is 3. The molecule has 0 spiro atoms. The van der Waals surface area contributed by atoms with Gasteiger partial charge >= 0.3 is 12.5 Å². The smallest absolute Gasteiger partial charge is 0.406 e. The number of rotatable bonds is 8. The summed E-state index contributed by atoms with van der Waals surface area (Å²) in [4.78, 5) is 31.9. The second kappa shape index (κ2) is 12.6. The summed E-state index contributed by atoms with van der Waals surface area (Å²) in [5, 5.41) is 11.1. The first-order chi connectivity index (χ1) is 20.0. The van der Waals surface area contributed by atoms with E-state index in [-0.39, 0.29) is 35.6 Å². The zero-order chi connectivity index (χ0) is 29.9. The van der Waals surface area contributed by atoms with Crippen molar-refractivity contribution in [2.24, 2.45) is 5.73 Å². The Hall–Kier alpha value is -3.85. The van der Waals surface area contributed by atoms with Crippen LogP contribution in [0.5, 0.6) is 5.75 Å². The second-order valence-electron chi connectivity index (χ2n) is 11.0. The molecule has 3 aromatic rings. The quantitative estimate of drug-likeness (QED) is 0.282. The van der Waals surface area contributed by atoms with Crippen molar-refractivity contribution >= 4 is 34.7 Å². The van der Waals surface area contributed by atoms with Gasteiger partial charge in [-0.1, -0.05) is 0 Å². The Kier molecular flexibility index (Phi) is 8.87. The van der Waals surface area contributed by atoms with Crippen LogP contribution in [-0.4, -0.2) is 68.3 Å². The van der Waals surface area contributed by atoms with E-state index < -0.39 is 12.5 Å². The van der Waals surface area contributed by atoms with Crippen LogP contribution in [0.25, 0.3) is 11.2 Å². The topological polar surface area (TPSA) is 144 Å². The molecule has 3 heterocycles. The third-order valence-electron chi connectivity index (χ3n) is 7.42. The predicted octanol–water partition coefficient (Wildman–Crippen LogP) is 5.03. The Labute approximate surface area is 241 Å². The number of halogens is 3. The van der Waals surface area contributed by atoms with Crippen LogP contribution in [0.15, 0.2) is 30.6 Å². The third-order valence-corrected chi connectivity index (χ3v) is 7.42. The molecule has 228 valence electrons. The zero-order valence-corrected chi connectivity index (χ0v) is 23.5. The number of hydrogen-bond donors (Lipinski definition) is 4. The van der Waals surface area contributed by atoms with Crippen molar-refractivity contribution in [1.29, 1.82) is 0 Å². The Morgan fingerprint density at radius 1 is 1.00 bits per heavy atom. The number of nitrogens with zero attached hydrogens (tertiary/aromatic N) is 5. The highest BCUT2D eigenvalue weighted by atomic mass is 19.4. The first-order valence-electron chi connectivity index (χ1n) is 14.2. The maximum absolute atomic E-state index is 12.3. The molecule has 5 rings (SSSR count). The Balaban J connectivity index is 1.17. The summed E-state index contributed by atoms with van der Waals surface area (Å²) in [6.07, 6.45) is 1.50. The van der Waals surface area contributed by atoms with Gasteiger partial charge < -0.3 is 30.5 Å². The molecule has 12 nitrogen and oxygen atoms in total. The number of anilines is 3. The van der Waals surface area contributed by atoms with Gasteiger partial charge in [0.15, 0.2) is 17.0 Å². The highest BCUT2D eigenvalue weighted by molar-refractivity contribution is 5.85. The van der Waals surface area contributed by atoms with Gasteiger partial charge in [-0.15, -0.1) is 18.2 Å². The molecule has 2 fully saturated rings. The predicted molar refractivity (Wildman–Crippen MR) is 151 cm³/mol. The number of nitrogens with two attached hydrogens (primary N) is 1. The van der Waals surface area contributed by atoms with Crippen LogP contribution in [0.2, 0.25) is 0 Å². The molecule has 5 N–H and O–H groups in total. The van der Waals surface area contributed by atoms with Crippen molar-refractivity contribution < 1.29 is 27.5 Å². The normalized spacial score (nSPS) is 20.5. The minimum Gasteiger partial charge on any atom is -0.406 e. The molecule has 0 radical (unpaired) electrons. The number of fused-ring (bicyclic) bond motifs is 1. The van der Waals surface area contributed by atoms with Gasteiger partial charge in [-0.05, 0) is 76.6 Å². The van der Waals surface area contributed by atoms with E-state index in [0.29, 0.717) is 43.2 Å². The van der Waals surface area contributed by atoms with E-state index in [1.807, 2.05) is 4.57 Å². The molecule has 0 bridgehead atoms. The van der Waals surface area contributed by atoms with E-state index in [1.165, 1.54) is 12.1 Å². The Bertz CT molecular complexity index is 1350. The van der Waals surface area contributed by atoms with Crippen molar-refractivity contribution in [1.82, 2.24) is 24.6 Å². The molecular formula is C27H36F3N9O3. The van der Waals surface area contributed by atoms with Crippen LogP contribution in [0.1, 0.15) is 58.4 Å². The lowest BCUT2D eigenvalue weighted by molar-refractivity contribution is -0.274. The molecule has 1 aromatic carbocycles. The van der Waals surface area contributed by atoms with Crippen LogP contribution < -0.4 is 26.4 Å². The van der Waals surface area contributed by atoms with Crippen molar-refractivity contribution in [3.8, 4) is 5.75 Å². The summed E-state index contributed by atoms with van der Waals surface area (Å²) >= 11 is 0. The molecular weight excluding hydrogens is 555 g/mol. The van der Waals surface area contributed by atoms with E-state index >= 15 is 0 Å². The number of ether oxygens (including phenoxy) is 1. The SMILES string of the molecule is CC(C)n1cnc2c(NC3CCN(OC(=O)Nc4ccc(OC(F)(F)F)cc4)CC3)nc(NC3CCC(N)CC3)nc21. The molecule has 1 amide bonds. The number of aromatic nitrogens is 4. The summed E-state index contributed by atoms with van der Waals surface area (Å²) in [6.45, 7) is 5.11. The second-order valence-corrected chi connectivity index (χ2v) is 11.0. The first-order valence-corrected chi connectivity index (χ1v) is 14.2. The van der Waals surface area contributed by atoms with E-state index in [9.17, 15) is 18.0 Å². The van der Waals surface area contributed by atoms with Crippen molar-refractivity contribution in [3.63, 3.8) is 0 Å². The van der Waals surface area contributed by atoms with Crippen LogP contribution in [0.3, 0.4) is 0 Å². The van der Waals surface area contributed by atoms with Crippen molar-refractivity contribution in [3.05, 3.63) is 30.6 Å². The number of amides is 1. The molecule has 0 atom stereocenters. The molecule has 42 heavy (non-hydrogen) atoms. The van der Waals surface area contributed by atoms with Gasteiger partial charge in [0.1, 0.15) is 5.75 Å². The summed E-state index contributed by atoms with van der Waals surface area (Å²) in [6, 6.07) is 5.58. The summed E-state index contributed by atoms with van der Waals surface area (Å²) in [7, 11) is 0. The van der Waals surface area contributed by atoms with Gasteiger partial charge in [-0.25, -0.2) is 9.78 Å². The molecule has 1 saturated heterocycles. The van der Waals surface area contributed by atoms with Gasteiger partial charge in [0.25, 0.3) is 0 Å². The highest BCUT2D eigenvalue weighted by Gasteiger charge is 2.31. The van der Waals surface area contributed by atoms with Crippen LogP contribution in [0.4, 0.5) is 35.4 Å². The molecule has 2 aliphatic rings. The summed E-state index contributed by atoms with van der Waals surface area (Å²) < 4.78 is 42.9. The fourth-order valence-corrected chi connectivity index (χ4v) is 5.19. The van der Waals surface area contributed by atoms with E-state index in [0.717, 1.165) is 43.5 Å². The number of benzene rings is 1. The van der Waals surface area contributed by atoms with Gasteiger partial charge in [0.2, 0.25) is 5.95 Å². The molecule has 2 aromatic heterocycles. The van der Waals surface area contributed by atoms with Crippen LogP contribution in [0, 0.1) is 0 Å². The van der Waals surface area contributed by atoms with E-state index in [4.69, 9.17) is 20.5 Å². The monoisotopic (exact) mass is 591 g/mol. The summed E-state index contributed by atoms with van der Waals surface area (Å²) in [5.41, 5.74) is 7.81. The number of carbonyl (C=O) groups is 1. The number of alkyl halides is 3. The molecule has 15 heteroatoms. The molecule has 1 aliphatic heterocycles. The van der Waals surface area contributed by atoms with Gasteiger partial charge in [-0.3, -0.25) is 5.32 Å².